The highest BCUT2D eigenvalue weighted by atomic mass is 35.5. The minimum absolute atomic E-state index is 0.351. The monoisotopic (exact) mass is 268 g/mol. The van der Waals surface area contributed by atoms with E-state index in [1.165, 1.54) is 6.42 Å². The van der Waals surface area contributed by atoms with Crippen molar-refractivity contribution >= 4 is 17.5 Å². The second kappa shape index (κ2) is 6.32. The van der Waals surface area contributed by atoms with Crippen LogP contribution in [-0.4, -0.2) is 27.1 Å². The summed E-state index contributed by atoms with van der Waals surface area (Å²) >= 11 is 6.10. The van der Waals surface area contributed by atoms with Crippen LogP contribution in [0.15, 0.2) is 0 Å². The van der Waals surface area contributed by atoms with Crippen molar-refractivity contribution in [2.45, 2.75) is 51.3 Å². The maximum absolute atomic E-state index is 6.10. The molecule has 1 aromatic rings. The lowest BCUT2D eigenvalue weighted by molar-refractivity contribution is 0.577. The molecule has 0 spiro atoms. The van der Waals surface area contributed by atoms with Gasteiger partial charge in [0.05, 0.1) is 11.4 Å². The molecule has 5 heteroatoms. The average Bonchev–Trinajstić information content (AvgIpc) is 2.81. The van der Waals surface area contributed by atoms with Crippen LogP contribution < -0.4 is 5.32 Å². The highest BCUT2D eigenvalue weighted by molar-refractivity contribution is 6.20. The molecule has 1 aromatic heterocycles. The maximum Gasteiger partial charge on any atom is 0.242 e. The van der Waals surface area contributed by atoms with Gasteiger partial charge in [0.2, 0.25) is 5.95 Å². The highest BCUT2D eigenvalue weighted by Crippen LogP contribution is 2.29. The van der Waals surface area contributed by atoms with Gasteiger partial charge in [-0.05, 0) is 38.0 Å². The quantitative estimate of drug-likeness (QED) is 0.835. The number of halogens is 1. The maximum atomic E-state index is 6.10. The van der Waals surface area contributed by atoms with Crippen LogP contribution in [-0.2, 0) is 12.8 Å². The second-order valence-electron chi connectivity index (χ2n) is 4.89. The molecular formula is C13H21ClN4. The number of nitrogens with one attached hydrogen (secondary N) is 1. The fourth-order valence-electron chi connectivity index (χ4n) is 2.45. The van der Waals surface area contributed by atoms with Crippen LogP contribution in [0.1, 0.15) is 44.5 Å². The number of hydrogen-bond donors (Lipinski definition) is 1. The summed E-state index contributed by atoms with van der Waals surface area (Å²) in [6, 6.07) is 0. The molecule has 1 aliphatic rings. The van der Waals surface area contributed by atoms with Crippen molar-refractivity contribution in [3.63, 3.8) is 0 Å². The number of alkyl halides is 1. The summed E-state index contributed by atoms with van der Waals surface area (Å²) in [7, 11) is 0. The zero-order valence-electron chi connectivity index (χ0n) is 11.1. The molecule has 0 radical (unpaired) electrons. The minimum Gasteiger partial charge on any atom is -0.353 e. The van der Waals surface area contributed by atoms with E-state index in [9.17, 15) is 0 Å². The molecule has 2 unspecified atom stereocenters. The SMILES string of the molecule is CCc1nnc(NCC2CCC(Cl)C2)nc1CC. The predicted octanol–water partition coefficient (Wildman–Crippen LogP) is 2.82. The minimum atomic E-state index is 0.351. The standard InChI is InChI=1S/C13H21ClN4/c1-3-11-12(4-2)17-18-13(16-11)15-8-9-5-6-10(14)7-9/h9-10H,3-8H2,1-2H3,(H,15,16,18). The summed E-state index contributed by atoms with van der Waals surface area (Å²) in [6.07, 6.45) is 5.21. The molecule has 0 amide bonds. The normalized spacial score (nSPS) is 23.3. The van der Waals surface area contributed by atoms with Crippen molar-refractivity contribution in [2.75, 3.05) is 11.9 Å². The number of nitrogens with zero attached hydrogens (tertiary/aromatic N) is 3. The second-order valence-corrected chi connectivity index (χ2v) is 5.51. The lowest BCUT2D eigenvalue weighted by atomic mass is 10.1. The molecule has 1 saturated carbocycles. The first-order valence-corrected chi connectivity index (χ1v) is 7.27. The van der Waals surface area contributed by atoms with Crippen LogP contribution in [0.4, 0.5) is 5.95 Å². The third kappa shape index (κ3) is 3.31. The van der Waals surface area contributed by atoms with Crippen LogP contribution in [0.2, 0.25) is 0 Å². The van der Waals surface area contributed by atoms with Gasteiger partial charge in [-0.15, -0.1) is 16.7 Å². The van der Waals surface area contributed by atoms with Gasteiger partial charge in [-0.2, -0.15) is 5.10 Å². The Morgan fingerprint density at radius 3 is 2.56 bits per heavy atom. The topological polar surface area (TPSA) is 50.7 Å². The van der Waals surface area contributed by atoms with Crippen LogP contribution >= 0.6 is 11.6 Å². The predicted molar refractivity (Wildman–Crippen MR) is 74.1 cm³/mol. The van der Waals surface area contributed by atoms with Crippen LogP contribution in [0, 0.1) is 5.92 Å². The van der Waals surface area contributed by atoms with E-state index in [0.29, 0.717) is 17.2 Å². The van der Waals surface area contributed by atoms with Gasteiger partial charge in [-0.3, -0.25) is 0 Å². The van der Waals surface area contributed by atoms with E-state index in [4.69, 9.17) is 11.6 Å². The van der Waals surface area contributed by atoms with E-state index in [-0.39, 0.29) is 0 Å². The summed E-state index contributed by atoms with van der Waals surface area (Å²) in [4.78, 5) is 4.52. The molecule has 0 saturated heterocycles. The first-order chi connectivity index (χ1) is 8.72. The Morgan fingerprint density at radius 2 is 1.94 bits per heavy atom. The summed E-state index contributed by atoms with van der Waals surface area (Å²) in [6.45, 7) is 5.08. The zero-order chi connectivity index (χ0) is 13.0. The number of aromatic nitrogens is 3. The number of anilines is 1. The van der Waals surface area contributed by atoms with Crippen LogP contribution in [0.5, 0.6) is 0 Å². The lowest BCUT2D eigenvalue weighted by Crippen LogP contribution is -2.15. The van der Waals surface area contributed by atoms with Crippen molar-refractivity contribution in [3.05, 3.63) is 11.4 Å². The summed E-state index contributed by atoms with van der Waals surface area (Å²) in [5, 5.41) is 12.0. The molecule has 18 heavy (non-hydrogen) atoms. The Bertz CT molecular complexity index is 397. The fraction of sp³-hybridized carbons (Fsp3) is 0.769. The Labute approximate surface area is 114 Å². The Kier molecular flexibility index (Phi) is 4.75. The van der Waals surface area contributed by atoms with Gasteiger partial charge < -0.3 is 5.32 Å². The molecule has 0 bridgehead atoms. The Balaban J connectivity index is 1.93. The molecule has 1 N–H and O–H groups in total. The van der Waals surface area contributed by atoms with Gasteiger partial charge in [-0.25, -0.2) is 4.98 Å². The Morgan fingerprint density at radius 1 is 1.17 bits per heavy atom. The van der Waals surface area contributed by atoms with Gasteiger partial charge in [0.1, 0.15) is 0 Å². The van der Waals surface area contributed by atoms with Gasteiger partial charge in [0.25, 0.3) is 0 Å². The summed E-state index contributed by atoms with van der Waals surface area (Å²) in [5.41, 5.74) is 2.06. The highest BCUT2D eigenvalue weighted by Gasteiger charge is 2.22. The molecule has 0 aliphatic heterocycles. The molecule has 4 nitrogen and oxygen atoms in total. The van der Waals surface area contributed by atoms with E-state index in [2.05, 4.69) is 34.3 Å². The fourth-order valence-corrected chi connectivity index (χ4v) is 2.83. The molecular weight excluding hydrogens is 248 g/mol. The average molecular weight is 269 g/mol. The smallest absolute Gasteiger partial charge is 0.242 e. The van der Waals surface area contributed by atoms with Crippen LogP contribution in [0.25, 0.3) is 0 Å². The van der Waals surface area contributed by atoms with Crippen molar-refractivity contribution in [2.24, 2.45) is 5.92 Å². The van der Waals surface area contributed by atoms with Crippen molar-refractivity contribution in [3.8, 4) is 0 Å². The molecule has 100 valence electrons. The van der Waals surface area contributed by atoms with Gasteiger partial charge >= 0.3 is 0 Å². The van der Waals surface area contributed by atoms with Crippen molar-refractivity contribution in [1.82, 2.24) is 15.2 Å². The third-order valence-electron chi connectivity index (χ3n) is 3.54. The van der Waals surface area contributed by atoms with Gasteiger partial charge in [0.15, 0.2) is 0 Å². The molecule has 2 rings (SSSR count). The van der Waals surface area contributed by atoms with Crippen molar-refractivity contribution < 1.29 is 0 Å². The van der Waals surface area contributed by atoms with Crippen LogP contribution in [0.3, 0.4) is 0 Å². The van der Waals surface area contributed by atoms with Crippen molar-refractivity contribution in [1.29, 1.82) is 0 Å². The van der Waals surface area contributed by atoms with E-state index >= 15 is 0 Å². The van der Waals surface area contributed by atoms with Gasteiger partial charge in [0, 0.05) is 11.9 Å². The van der Waals surface area contributed by atoms with Gasteiger partial charge in [-0.1, -0.05) is 13.8 Å². The van der Waals surface area contributed by atoms with E-state index in [0.717, 1.165) is 43.6 Å². The first-order valence-electron chi connectivity index (χ1n) is 6.83. The van der Waals surface area contributed by atoms with E-state index < -0.39 is 0 Å². The molecule has 1 fully saturated rings. The molecule has 1 heterocycles. The summed E-state index contributed by atoms with van der Waals surface area (Å²) < 4.78 is 0. The largest absolute Gasteiger partial charge is 0.353 e. The molecule has 2 atom stereocenters. The number of hydrogen-bond acceptors (Lipinski definition) is 4. The molecule has 0 aromatic carbocycles. The Hall–Kier alpha value is -0.900. The number of rotatable bonds is 5. The lowest BCUT2D eigenvalue weighted by Gasteiger charge is -2.11. The zero-order valence-corrected chi connectivity index (χ0v) is 11.9. The van der Waals surface area contributed by atoms with E-state index in [1.54, 1.807) is 0 Å². The third-order valence-corrected chi connectivity index (χ3v) is 3.93. The summed E-state index contributed by atoms with van der Waals surface area (Å²) in [5.74, 6) is 1.30. The number of aryl methyl sites for hydroxylation is 2. The molecule has 1 aliphatic carbocycles. The first kappa shape index (κ1) is 13.5. The van der Waals surface area contributed by atoms with E-state index in [1.807, 2.05) is 0 Å².